The van der Waals surface area contributed by atoms with E-state index in [1.165, 1.54) is 0 Å². The molecule has 1 amide bonds. The van der Waals surface area contributed by atoms with Gasteiger partial charge in [-0.1, -0.05) is 12.1 Å². The molecule has 0 aliphatic carbocycles. The van der Waals surface area contributed by atoms with Crippen molar-refractivity contribution in [2.24, 2.45) is 0 Å². The molecule has 4 nitrogen and oxygen atoms in total. The Morgan fingerprint density at radius 2 is 2.18 bits per heavy atom. The lowest BCUT2D eigenvalue weighted by molar-refractivity contribution is 0.0490. The molecule has 0 saturated carbocycles. The topological polar surface area (TPSA) is 50.4 Å². The normalized spacial score (nSPS) is 22.2. The molecule has 1 aromatic carbocycles. The third-order valence-corrected chi connectivity index (χ3v) is 4.09. The van der Waals surface area contributed by atoms with Gasteiger partial charge in [0.05, 0.1) is 4.47 Å². The van der Waals surface area contributed by atoms with Crippen LogP contribution in [0.15, 0.2) is 22.7 Å². The third-order valence-electron chi connectivity index (χ3n) is 3.48. The van der Waals surface area contributed by atoms with Gasteiger partial charge in [0, 0.05) is 17.6 Å². The molecule has 0 bridgehead atoms. The van der Waals surface area contributed by atoms with Crippen molar-refractivity contribution in [3.8, 4) is 0 Å². The lowest BCUT2D eigenvalue weighted by Crippen LogP contribution is -2.46. The summed E-state index contributed by atoms with van der Waals surface area (Å²) in [6.45, 7) is 6.20. The molecule has 0 radical (unpaired) electrons. The van der Waals surface area contributed by atoms with Crippen molar-refractivity contribution in [3.63, 3.8) is 0 Å². The van der Waals surface area contributed by atoms with Crippen molar-refractivity contribution in [2.75, 3.05) is 6.54 Å². The maximum atomic E-state index is 14.2. The van der Waals surface area contributed by atoms with Crippen LogP contribution in [-0.2, 0) is 4.74 Å². The van der Waals surface area contributed by atoms with E-state index in [0.29, 0.717) is 16.5 Å². The first kappa shape index (κ1) is 17.2. The van der Waals surface area contributed by atoms with Gasteiger partial charge in [-0.3, -0.25) is 0 Å². The van der Waals surface area contributed by atoms with Gasteiger partial charge in [-0.2, -0.15) is 0 Å². The fraction of sp³-hybridized carbons (Fsp3) is 0.562. The molecular formula is C16H22BrFN2O2. The number of amides is 1. The quantitative estimate of drug-likeness (QED) is 0.827. The first-order chi connectivity index (χ1) is 10.3. The maximum absolute atomic E-state index is 14.2. The maximum Gasteiger partial charge on any atom is 0.407 e. The molecule has 122 valence electrons. The molecule has 1 heterocycles. The van der Waals surface area contributed by atoms with Crippen LogP contribution in [0.2, 0.25) is 0 Å². The molecule has 2 rings (SSSR count). The van der Waals surface area contributed by atoms with E-state index in [4.69, 9.17) is 4.74 Å². The van der Waals surface area contributed by atoms with Crippen LogP contribution in [0.4, 0.5) is 9.18 Å². The first-order valence-electron chi connectivity index (χ1n) is 7.43. The van der Waals surface area contributed by atoms with Gasteiger partial charge in [0.1, 0.15) is 11.4 Å². The van der Waals surface area contributed by atoms with Crippen LogP contribution in [0, 0.1) is 5.82 Å². The van der Waals surface area contributed by atoms with Crippen molar-refractivity contribution >= 4 is 22.0 Å². The highest BCUT2D eigenvalue weighted by molar-refractivity contribution is 9.10. The number of alkyl carbamates (subject to hydrolysis) is 1. The van der Waals surface area contributed by atoms with Gasteiger partial charge < -0.3 is 15.4 Å². The van der Waals surface area contributed by atoms with Gasteiger partial charge in [0.2, 0.25) is 0 Å². The van der Waals surface area contributed by atoms with Crippen molar-refractivity contribution in [2.45, 2.75) is 51.3 Å². The smallest absolute Gasteiger partial charge is 0.407 e. The van der Waals surface area contributed by atoms with Crippen LogP contribution in [0.3, 0.4) is 0 Å². The van der Waals surface area contributed by atoms with Crippen molar-refractivity contribution < 1.29 is 13.9 Å². The van der Waals surface area contributed by atoms with Gasteiger partial charge in [-0.15, -0.1) is 0 Å². The van der Waals surface area contributed by atoms with Gasteiger partial charge in [-0.05, 0) is 62.2 Å². The number of hydrogen-bond acceptors (Lipinski definition) is 3. The zero-order chi connectivity index (χ0) is 16.3. The van der Waals surface area contributed by atoms with E-state index in [1.807, 2.05) is 26.8 Å². The molecular weight excluding hydrogens is 351 g/mol. The summed E-state index contributed by atoms with van der Waals surface area (Å²) in [4.78, 5) is 11.9. The minimum Gasteiger partial charge on any atom is -0.444 e. The number of carbonyl (C=O) groups is 1. The number of rotatable bonds is 2. The highest BCUT2D eigenvalue weighted by atomic mass is 79.9. The Kier molecular flexibility index (Phi) is 5.45. The minimum absolute atomic E-state index is 0.0283. The fourth-order valence-electron chi connectivity index (χ4n) is 2.55. The van der Waals surface area contributed by atoms with Crippen LogP contribution in [0.1, 0.15) is 45.2 Å². The molecule has 0 spiro atoms. The second kappa shape index (κ2) is 6.96. The number of halogens is 2. The summed E-state index contributed by atoms with van der Waals surface area (Å²) in [5.74, 6) is -0.252. The molecule has 22 heavy (non-hydrogen) atoms. The Labute approximate surface area is 138 Å². The van der Waals surface area contributed by atoms with Crippen molar-refractivity contribution in [1.29, 1.82) is 0 Å². The Bertz CT molecular complexity index is 545. The molecule has 1 fully saturated rings. The summed E-state index contributed by atoms with van der Waals surface area (Å²) in [5.41, 5.74) is 0.0948. The zero-order valence-corrected chi connectivity index (χ0v) is 14.7. The van der Waals surface area contributed by atoms with Gasteiger partial charge in [0.15, 0.2) is 0 Å². The highest BCUT2D eigenvalue weighted by Crippen LogP contribution is 2.29. The van der Waals surface area contributed by atoms with E-state index in [0.717, 1.165) is 13.0 Å². The molecule has 1 aliphatic heterocycles. The third kappa shape index (κ3) is 4.68. The molecule has 1 aliphatic rings. The molecule has 6 heteroatoms. The Balaban J connectivity index is 2.00. The summed E-state index contributed by atoms with van der Waals surface area (Å²) in [6.07, 6.45) is 1.01. The van der Waals surface area contributed by atoms with E-state index < -0.39 is 11.7 Å². The number of piperidine rings is 1. The predicted octanol–water partition coefficient (Wildman–Crippen LogP) is 3.91. The van der Waals surface area contributed by atoms with Crippen LogP contribution in [0.5, 0.6) is 0 Å². The van der Waals surface area contributed by atoms with E-state index in [9.17, 15) is 9.18 Å². The van der Waals surface area contributed by atoms with Crippen molar-refractivity contribution in [1.82, 2.24) is 10.6 Å². The molecule has 2 unspecified atom stereocenters. The van der Waals surface area contributed by atoms with Gasteiger partial charge in [0.25, 0.3) is 0 Å². The Hall–Kier alpha value is -1.14. The lowest BCUT2D eigenvalue weighted by atomic mass is 9.93. The van der Waals surface area contributed by atoms with Crippen LogP contribution in [-0.4, -0.2) is 24.3 Å². The summed E-state index contributed by atoms with van der Waals surface area (Å²) in [7, 11) is 0. The SMILES string of the molecule is CC(C)(C)OC(=O)NC1CCNC(c2cccc(Br)c2F)C1. The summed E-state index contributed by atoms with van der Waals surface area (Å²) >= 11 is 3.21. The molecule has 1 aromatic rings. The minimum atomic E-state index is -0.521. The van der Waals surface area contributed by atoms with Gasteiger partial charge >= 0.3 is 6.09 Å². The predicted molar refractivity (Wildman–Crippen MR) is 87.2 cm³/mol. The number of hydrogen-bond donors (Lipinski definition) is 2. The van der Waals surface area contributed by atoms with E-state index in [2.05, 4.69) is 26.6 Å². The standard InChI is InChI=1S/C16H22BrFN2O2/c1-16(2,3)22-15(21)20-10-7-8-19-13(9-10)11-5-4-6-12(17)14(11)18/h4-6,10,13,19H,7-9H2,1-3H3,(H,20,21). The summed E-state index contributed by atoms with van der Waals surface area (Å²) in [6, 6.07) is 5.12. The highest BCUT2D eigenvalue weighted by Gasteiger charge is 2.27. The molecule has 2 N–H and O–H groups in total. The largest absolute Gasteiger partial charge is 0.444 e. The monoisotopic (exact) mass is 372 g/mol. The van der Waals surface area contributed by atoms with Gasteiger partial charge in [-0.25, -0.2) is 9.18 Å². The average molecular weight is 373 g/mol. The molecule has 1 saturated heterocycles. The fourth-order valence-corrected chi connectivity index (χ4v) is 2.93. The molecule has 2 atom stereocenters. The van der Waals surface area contributed by atoms with Crippen LogP contribution >= 0.6 is 15.9 Å². The second-order valence-electron chi connectivity index (χ2n) is 6.52. The Morgan fingerprint density at radius 1 is 1.45 bits per heavy atom. The Morgan fingerprint density at radius 3 is 2.86 bits per heavy atom. The van der Waals surface area contributed by atoms with Crippen LogP contribution in [0.25, 0.3) is 0 Å². The number of ether oxygens (including phenoxy) is 1. The lowest BCUT2D eigenvalue weighted by Gasteiger charge is -2.32. The zero-order valence-electron chi connectivity index (χ0n) is 13.1. The second-order valence-corrected chi connectivity index (χ2v) is 7.37. The first-order valence-corrected chi connectivity index (χ1v) is 8.22. The molecule has 0 aromatic heterocycles. The van der Waals surface area contributed by atoms with E-state index in [1.54, 1.807) is 12.1 Å². The van der Waals surface area contributed by atoms with Crippen LogP contribution < -0.4 is 10.6 Å². The number of carbonyl (C=O) groups excluding carboxylic acids is 1. The number of benzene rings is 1. The summed E-state index contributed by atoms with van der Waals surface area (Å²) < 4.78 is 19.9. The van der Waals surface area contributed by atoms with E-state index in [-0.39, 0.29) is 17.9 Å². The van der Waals surface area contributed by atoms with Crippen molar-refractivity contribution in [3.05, 3.63) is 34.1 Å². The number of nitrogens with one attached hydrogen (secondary N) is 2. The average Bonchev–Trinajstić information content (AvgIpc) is 2.40. The summed E-state index contributed by atoms with van der Waals surface area (Å²) in [5, 5.41) is 6.18. The van der Waals surface area contributed by atoms with E-state index >= 15 is 0 Å².